The monoisotopic (exact) mass is 281 g/mol. The van der Waals surface area contributed by atoms with E-state index in [-0.39, 0.29) is 6.07 Å². The summed E-state index contributed by atoms with van der Waals surface area (Å²) in [6.07, 6.45) is 0.394. The van der Waals surface area contributed by atoms with Crippen molar-refractivity contribution in [1.29, 1.82) is 0 Å². The Bertz CT molecular complexity index is 640. The second-order valence-electron chi connectivity index (χ2n) is 3.44. The highest BCUT2D eigenvalue weighted by atomic mass is 19.2. The maximum absolute atomic E-state index is 13.4. The fraction of sp³-hybridized carbons (Fsp3) is 0. The molecule has 1 heterocycles. The third-order valence-corrected chi connectivity index (χ3v) is 2.28. The fourth-order valence-electron chi connectivity index (χ4n) is 1.44. The molecule has 0 N–H and O–H groups in total. The van der Waals surface area contributed by atoms with Crippen molar-refractivity contribution in [3.63, 3.8) is 0 Å². The molecule has 0 aliphatic carbocycles. The number of rotatable bonds is 1. The fourth-order valence-corrected chi connectivity index (χ4v) is 1.44. The van der Waals surface area contributed by atoms with Gasteiger partial charge in [-0.2, -0.15) is 4.39 Å². The SMILES string of the molecule is Fc1cnc(F)c(-c2c(F)c(F)c(F)c(F)c2F)c1. The van der Waals surface area contributed by atoms with Crippen LogP contribution in [0.3, 0.4) is 0 Å². The average molecular weight is 281 g/mol. The van der Waals surface area contributed by atoms with E-state index in [2.05, 4.69) is 4.98 Å². The number of hydrogen-bond acceptors (Lipinski definition) is 1. The molecule has 0 bridgehead atoms. The molecule has 0 spiro atoms. The molecule has 1 aromatic heterocycles. The van der Waals surface area contributed by atoms with Gasteiger partial charge in [-0.05, 0) is 6.07 Å². The summed E-state index contributed by atoms with van der Waals surface area (Å²) in [6, 6.07) is 0.278. The predicted octanol–water partition coefficient (Wildman–Crippen LogP) is 3.72. The summed E-state index contributed by atoms with van der Waals surface area (Å²) in [6.45, 7) is 0. The van der Waals surface area contributed by atoms with Gasteiger partial charge in [0.25, 0.3) is 0 Å². The molecule has 1 nitrogen and oxygen atoms in total. The summed E-state index contributed by atoms with van der Waals surface area (Å²) in [4.78, 5) is 2.81. The molecule has 2 aromatic rings. The van der Waals surface area contributed by atoms with Gasteiger partial charge in [0.15, 0.2) is 23.3 Å². The molecule has 1 aromatic carbocycles. The molecule has 0 radical (unpaired) electrons. The van der Waals surface area contributed by atoms with E-state index in [1.165, 1.54) is 0 Å². The largest absolute Gasteiger partial charge is 0.225 e. The van der Waals surface area contributed by atoms with Gasteiger partial charge in [-0.15, -0.1) is 0 Å². The lowest BCUT2D eigenvalue weighted by Crippen LogP contribution is -2.05. The zero-order valence-corrected chi connectivity index (χ0v) is 8.75. The van der Waals surface area contributed by atoms with E-state index in [1.807, 2.05) is 0 Å². The maximum atomic E-state index is 13.4. The van der Waals surface area contributed by atoms with Crippen molar-refractivity contribution in [1.82, 2.24) is 4.98 Å². The molecule has 19 heavy (non-hydrogen) atoms. The average Bonchev–Trinajstić information content (AvgIpc) is 2.38. The first-order valence-electron chi connectivity index (χ1n) is 4.67. The molecule has 100 valence electrons. The van der Waals surface area contributed by atoms with Crippen LogP contribution in [-0.4, -0.2) is 4.98 Å². The van der Waals surface area contributed by atoms with E-state index in [0.717, 1.165) is 0 Å². The highest BCUT2D eigenvalue weighted by molar-refractivity contribution is 5.65. The lowest BCUT2D eigenvalue weighted by Gasteiger charge is -2.08. The number of halogens is 7. The van der Waals surface area contributed by atoms with E-state index in [4.69, 9.17) is 0 Å². The molecular weight excluding hydrogens is 279 g/mol. The van der Waals surface area contributed by atoms with Crippen LogP contribution < -0.4 is 0 Å². The molecule has 0 amide bonds. The van der Waals surface area contributed by atoms with Crippen LogP contribution in [0.2, 0.25) is 0 Å². The van der Waals surface area contributed by atoms with E-state index in [0.29, 0.717) is 6.20 Å². The Balaban J connectivity index is 2.87. The van der Waals surface area contributed by atoms with Crippen LogP contribution >= 0.6 is 0 Å². The predicted molar refractivity (Wildman–Crippen MR) is 49.4 cm³/mol. The van der Waals surface area contributed by atoms with Gasteiger partial charge in [-0.1, -0.05) is 0 Å². The van der Waals surface area contributed by atoms with Crippen LogP contribution in [0.4, 0.5) is 30.7 Å². The smallest absolute Gasteiger partial charge is 0.221 e. The Morgan fingerprint density at radius 3 is 1.68 bits per heavy atom. The van der Waals surface area contributed by atoms with Gasteiger partial charge in [0, 0.05) is 5.56 Å². The van der Waals surface area contributed by atoms with Gasteiger partial charge in [0.05, 0.1) is 11.8 Å². The topological polar surface area (TPSA) is 12.9 Å². The minimum atomic E-state index is -2.39. The molecule has 0 saturated heterocycles. The normalized spacial score (nSPS) is 10.9. The van der Waals surface area contributed by atoms with E-state index < -0.39 is 52.0 Å². The molecule has 0 fully saturated rings. The van der Waals surface area contributed by atoms with Crippen LogP contribution in [0.25, 0.3) is 11.1 Å². The molecule has 0 saturated carbocycles. The standard InChI is InChI=1S/C11H2F7N/c12-3-1-4(11(18)19-2-3)5-6(13)8(15)10(17)9(16)7(5)14/h1-2H. The summed E-state index contributed by atoms with van der Waals surface area (Å²) in [5, 5.41) is 0. The van der Waals surface area contributed by atoms with Gasteiger partial charge in [-0.25, -0.2) is 31.3 Å². The third kappa shape index (κ3) is 2.02. The van der Waals surface area contributed by atoms with Crippen LogP contribution in [0, 0.1) is 40.9 Å². The van der Waals surface area contributed by atoms with Gasteiger partial charge < -0.3 is 0 Å². The quantitative estimate of drug-likeness (QED) is 0.336. The zero-order chi connectivity index (χ0) is 14.3. The Morgan fingerprint density at radius 1 is 0.684 bits per heavy atom. The Kier molecular flexibility index (Phi) is 3.17. The second kappa shape index (κ2) is 4.52. The van der Waals surface area contributed by atoms with Crippen molar-refractivity contribution >= 4 is 0 Å². The molecule has 8 heteroatoms. The van der Waals surface area contributed by atoms with Crippen molar-refractivity contribution in [2.24, 2.45) is 0 Å². The Hall–Kier alpha value is -2.12. The van der Waals surface area contributed by atoms with E-state index in [1.54, 1.807) is 0 Å². The lowest BCUT2D eigenvalue weighted by atomic mass is 10.0. The number of pyridine rings is 1. The van der Waals surface area contributed by atoms with Gasteiger partial charge in [-0.3, -0.25) is 0 Å². The minimum absolute atomic E-state index is 0.278. The van der Waals surface area contributed by atoms with Crippen molar-refractivity contribution in [2.75, 3.05) is 0 Å². The summed E-state index contributed by atoms with van der Waals surface area (Å²) in [5.41, 5.74) is -2.73. The summed E-state index contributed by atoms with van der Waals surface area (Å²) >= 11 is 0. The number of nitrogens with zero attached hydrogens (tertiary/aromatic N) is 1. The Labute approximate surface area is 101 Å². The number of hydrogen-bond donors (Lipinski definition) is 0. The van der Waals surface area contributed by atoms with Crippen LogP contribution in [-0.2, 0) is 0 Å². The first-order valence-corrected chi connectivity index (χ1v) is 4.67. The summed E-state index contributed by atoms with van der Waals surface area (Å²) in [5.74, 6) is -14.2. The molecule has 2 rings (SSSR count). The second-order valence-corrected chi connectivity index (χ2v) is 3.44. The van der Waals surface area contributed by atoms with Crippen LogP contribution in [0.15, 0.2) is 12.3 Å². The number of benzene rings is 1. The van der Waals surface area contributed by atoms with Gasteiger partial charge in [0.2, 0.25) is 11.8 Å². The molecule has 0 unspecified atom stereocenters. The van der Waals surface area contributed by atoms with Crippen molar-refractivity contribution in [2.45, 2.75) is 0 Å². The molecule has 0 aliphatic rings. The summed E-state index contributed by atoms with van der Waals surface area (Å²) < 4.78 is 91.4. The maximum Gasteiger partial charge on any atom is 0.221 e. The highest BCUT2D eigenvalue weighted by Gasteiger charge is 2.28. The van der Waals surface area contributed by atoms with Gasteiger partial charge >= 0.3 is 0 Å². The summed E-state index contributed by atoms with van der Waals surface area (Å²) in [7, 11) is 0. The third-order valence-electron chi connectivity index (χ3n) is 2.28. The number of aromatic nitrogens is 1. The lowest BCUT2D eigenvalue weighted by molar-refractivity contribution is 0.380. The van der Waals surface area contributed by atoms with Crippen molar-refractivity contribution < 1.29 is 30.7 Å². The molecule has 0 aliphatic heterocycles. The highest BCUT2D eigenvalue weighted by Crippen LogP contribution is 2.32. The van der Waals surface area contributed by atoms with Crippen molar-refractivity contribution in [3.05, 3.63) is 53.1 Å². The van der Waals surface area contributed by atoms with Crippen molar-refractivity contribution in [3.8, 4) is 11.1 Å². The van der Waals surface area contributed by atoms with E-state index >= 15 is 0 Å². The first-order chi connectivity index (χ1) is 8.84. The van der Waals surface area contributed by atoms with Gasteiger partial charge in [0.1, 0.15) is 5.82 Å². The minimum Gasteiger partial charge on any atom is -0.225 e. The van der Waals surface area contributed by atoms with Crippen LogP contribution in [0.1, 0.15) is 0 Å². The van der Waals surface area contributed by atoms with E-state index in [9.17, 15) is 30.7 Å². The molecular formula is C11H2F7N. The Morgan fingerprint density at radius 2 is 1.16 bits per heavy atom. The zero-order valence-electron chi connectivity index (χ0n) is 8.75. The molecule has 0 atom stereocenters. The first kappa shape index (κ1) is 13.3. The van der Waals surface area contributed by atoms with Crippen LogP contribution in [0.5, 0.6) is 0 Å².